The number of halogens is 2. The second-order valence-corrected chi connectivity index (χ2v) is 10.9. The average molecular weight is 560 g/mol. The van der Waals surface area contributed by atoms with Gasteiger partial charge in [-0.05, 0) is 78.8 Å². The molecular weight excluding hydrogens is 525 g/mol. The van der Waals surface area contributed by atoms with Gasteiger partial charge in [-0.25, -0.2) is 13.9 Å². The number of anilines is 1. The van der Waals surface area contributed by atoms with Gasteiger partial charge in [-0.2, -0.15) is 5.10 Å². The van der Waals surface area contributed by atoms with Gasteiger partial charge in [-0.15, -0.1) is 0 Å². The SMILES string of the molecule is CCc1cccc(CC)c1-n1nc2c(c1-c1cc(F)c(NC(N)=O)cc1C)CN(Cc1ccc(Cl)cc1C)CC2. The third-order valence-corrected chi connectivity index (χ3v) is 8.05. The summed E-state index contributed by atoms with van der Waals surface area (Å²) in [7, 11) is 0. The molecule has 0 saturated carbocycles. The summed E-state index contributed by atoms with van der Waals surface area (Å²) >= 11 is 6.21. The Morgan fingerprint density at radius 3 is 2.42 bits per heavy atom. The van der Waals surface area contributed by atoms with E-state index in [0.29, 0.717) is 6.54 Å². The predicted molar refractivity (Wildman–Crippen MR) is 160 cm³/mol. The van der Waals surface area contributed by atoms with Crippen LogP contribution in [0.2, 0.25) is 5.02 Å². The zero-order valence-corrected chi connectivity index (χ0v) is 24.2. The quantitative estimate of drug-likeness (QED) is 0.253. The number of fused-ring (bicyclic) bond motifs is 1. The van der Waals surface area contributed by atoms with Crippen molar-refractivity contribution >= 4 is 23.3 Å². The summed E-state index contributed by atoms with van der Waals surface area (Å²) in [5, 5.41) is 8.32. The number of benzene rings is 3. The molecule has 1 aliphatic rings. The monoisotopic (exact) mass is 559 g/mol. The molecular formula is C32H35ClFN5O. The molecule has 0 radical (unpaired) electrons. The molecule has 0 bridgehead atoms. The van der Waals surface area contributed by atoms with Gasteiger partial charge in [0, 0.05) is 42.2 Å². The molecule has 1 aliphatic heterocycles. The highest BCUT2D eigenvalue weighted by molar-refractivity contribution is 6.30. The molecule has 2 heterocycles. The Morgan fingerprint density at radius 2 is 1.77 bits per heavy atom. The third-order valence-electron chi connectivity index (χ3n) is 7.82. The Bertz CT molecular complexity index is 1570. The molecule has 8 heteroatoms. The van der Waals surface area contributed by atoms with E-state index in [2.05, 4.69) is 55.3 Å². The normalized spacial score (nSPS) is 13.3. The van der Waals surface area contributed by atoms with Gasteiger partial charge in [0.1, 0.15) is 5.82 Å². The smallest absolute Gasteiger partial charge is 0.316 e. The molecule has 2 amide bonds. The van der Waals surface area contributed by atoms with Crippen molar-refractivity contribution in [3.8, 4) is 16.9 Å². The number of nitrogens with zero attached hydrogens (tertiary/aromatic N) is 3. The maximum atomic E-state index is 15.4. The number of nitrogens with one attached hydrogen (secondary N) is 1. The summed E-state index contributed by atoms with van der Waals surface area (Å²) in [4.78, 5) is 13.9. The Labute approximate surface area is 239 Å². The van der Waals surface area contributed by atoms with Crippen molar-refractivity contribution in [1.82, 2.24) is 14.7 Å². The molecule has 0 saturated heterocycles. The molecule has 4 aromatic rings. The van der Waals surface area contributed by atoms with Gasteiger partial charge in [0.2, 0.25) is 0 Å². The van der Waals surface area contributed by atoms with E-state index in [0.717, 1.165) is 76.7 Å². The van der Waals surface area contributed by atoms with Crippen LogP contribution >= 0.6 is 11.6 Å². The lowest BCUT2D eigenvalue weighted by molar-refractivity contribution is 0.244. The van der Waals surface area contributed by atoms with Gasteiger partial charge >= 0.3 is 6.03 Å². The Kier molecular flexibility index (Phi) is 7.97. The number of primary amides is 1. The number of aromatic nitrogens is 2. The first-order valence-electron chi connectivity index (χ1n) is 13.8. The van der Waals surface area contributed by atoms with Crippen molar-refractivity contribution in [3.05, 3.63) is 98.4 Å². The van der Waals surface area contributed by atoms with Gasteiger partial charge < -0.3 is 11.1 Å². The van der Waals surface area contributed by atoms with E-state index in [-0.39, 0.29) is 5.69 Å². The first-order chi connectivity index (χ1) is 19.2. The van der Waals surface area contributed by atoms with E-state index in [1.54, 1.807) is 6.07 Å². The van der Waals surface area contributed by atoms with Crippen LogP contribution in [0.15, 0.2) is 48.5 Å². The van der Waals surface area contributed by atoms with Crippen LogP contribution in [0.5, 0.6) is 0 Å². The van der Waals surface area contributed by atoms with Crippen molar-refractivity contribution in [2.45, 2.75) is 60.0 Å². The average Bonchev–Trinajstić information content (AvgIpc) is 3.29. The number of carbonyl (C=O) groups is 1. The van der Waals surface area contributed by atoms with E-state index in [4.69, 9.17) is 22.4 Å². The van der Waals surface area contributed by atoms with E-state index >= 15 is 4.39 Å². The summed E-state index contributed by atoms with van der Waals surface area (Å²) in [6.45, 7) is 10.6. The van der Waals surface area contributed by atoms with Crippen LogP contribution in [0.25, 0.3) is 16.9 Å². The molecule has 0 spiro atoms. The fourth-order valence-electron chi connectivity index (χ4n) is 5.73. The number of urea groups is 1. The molecule has 0 aliphatic carbocycles. The van der Waals surface area contributed by atoms with Crippen molar-refractivity contribution in [2.75, 3.05) is 11.9 Å². The van der Waals surface area contributed by atoms with Gasteiger partial charge in [0.15, 0.2) is 0 Å². The second-order valence-electron chi connectivity index (χ2n) is 10.5. The number of nitrogens with two attached hydrogens (primary N) is 1. The number of amides is 2. The van der Waals surface area contributed by atoms with Crippen LogP contribution in [-0.4, -0.2) is 27.3 Å². The van der Waals surface area contributed by atoms with Crippen LogP contribution in [0.1, 0.15) is 52.9 Å². The Hall–Kier alpha value is -3.68. The predicted octanol–water partition coefficient (Wildman–Crippen LogP) is 7.12. The van der Waals surface area contributed by atoms with Crippen LogP contribution in [-0.2, 0) is 32.4 Å². The van der Waals surface area contributed by atoms with E-state index in [9.17, 15) is 4.79 Å². The molecule has 3 aromatic carbocycles. The van der Waals surface area contributed by atoms with Gasteiger partial charge in [-0.1, -0.05) is 49.7 Å². The Balaban J connectivity index is 1.68. The first-order valence-corrected chi connectivity index (χ1v) is 14.1. The lowest BCUT2D eigenvalue weighted by Crippen LogP contribution is -2.30. The van der Waals surface area contributed by atoms with Crippen molar-refractivity contribution in [2.24, 2.45) is 5.73 Å². The topological polar surface area (TPSA) is 76.2 Å². The fourth-order valence-corrected chi connectivity index (χ4v) is 5.96. The number of para-hydroxylation sites is 1. The van der Waals surface area contributed by atoms with E-state index in [1.807, 2.05) is 23.7 Å². The zero-order chi connectivity index (χ0) is 28.6. The molecule has 40 heavy (non-hydrogen) atoms. The fraction of sp³-hybridized carbons (Fsp3) is 0.312. The number of aryl methyl sites for hydroxylation is 4. The minimum absolute atomic E-state index is 0.0664. The van der Waals surface area contributed by atoms with E-state index < -0.39 is 11.8 Å². The van der Waals surface area contributed by atoms with Crippen molar-refractivity contribution in [1.29, 1.82) is 0 Å². The summed E-state index contributed by atoms with van der Waals surface area (Å²) < 4.78 is 17.4. The molecule has 1 aromatic heterocycles. The molecule has 208 valence electrons. The lowest BCUT2D eigenvalue weighted by atomic mass is 9.95. The number of rotatable bonds is 7. The molecule has 5 rings (SSSR count). The minimum atomic E-state index is -0.800. The summed E-state index contributed by atoms with van der Waals surface area (Å²) in [6.07, 6.45) is 2.49. The van der Waals surface area contributed by atoms with Crippen LogP contribution < -0.4 is 11.1 Å². The third kappa shape index (κ3) is 5.36. The molecule has 0 fully saturated rings. The molecule has 0 atom stereocenters. The maximum absolute atomic E-state index is 15.4. The number of hydrogen-bond acceptors (Lipinski definition) is 3. The van der Waals surface area contributed by atoms with Gasteiger partial charge in [-0.3, -0.25) is 4.90 Å². The van der Waals surface area contributed by atoms with Crippen LogP contribution in [0.3, 0.4) is 0 Å². The standard InChI is InChI=1S/C32H35ClFN5O/c1-5-21-8-7-9-22(6-2)30(21)39-31(25-16-27(34)29(15-20(25)4)36-32(35)40)26-18-38(13-12-28(26)37-39)17-23-10-11-24(33)14-19(23)3/h7-11,14-16H,5-6,12-13,17-18H2,1-4H3,(H3,35,36,40). The summed E-state index contributed by atoms with van der Waals surface area (Å²) in [5.74, 6) is -0.537. The molecule has 3 N–H and O–H groups in total. The highest BCUT2D eigenvalue weighted by Crippen LogP contribution is 2.38. The summed E-state index contributed by atoms with van der Waals surface area (Å²) in [5.41, 5.74) is 15.8. The van der Waals surface area contributed by atoms with Crippen molar-refractivity contribution in [3.63, 3.8) is 0 Å². The largest absolute Gasteiger partial charge is 0.351 e. The van der Waals surface area contributed by atoms with Crippen molar-refractivity contribution < 1.29 is 9.18 Å². The molecule has 6 nitrogen and oxygen atoms in total. The van der Waals surface area contributed by atoms with Crippen LogP contribution in [0.4, 0.5) is 14.9 Å². The van der Waals surface area contributed by atoms with Gasteiger partial charge in [0.05, 0.1) is 22.8 Å². The lowest BCUT2D eigenvalue weighted by Gasteiger charge is -2.28. The molecule has 0 unspecified atom stereocenters. The first kappa shape index (κ1) is 27.9. The van der Waals surface area contributed by atoms with Crippen LogP contribution in [0, 0.1) is 19.7 Å². The minimum Gasteiger partial charge on any atom is -0.351 e. The highest BCUT2D eigenvalue weighted by Gasteiger charge is 2.29. The Morgan fingerprint density at radius 1 is 1.05 bits per heavy atom. The van der Waals surface area contributed by atoms with Gasteiger partial charge in [0.25, 0.3) is 0 Å². The summed E-state index contributed by atoms with van der Waals surface area (Å²) in [6, 6.07) is 14.7. The second kappa shape index (κ2) is 11.4. The highest BCUT2D eigenvalue weighted by atomic mass is 35.5. The maximum Gasteiger partial charge on any atom is 0.316 e. The number of carbonyl (C=O) groups excluding carboxylic acids is 1. The number of hydrogen-bond donors (Lipinski definition) is 2. The zero-order valence-electron chi connectivity index (χ0n) is 23.4. The van der Waals surface area contributed by atoms with E-state index in [1.165, 1.54) is 22.8 Å².